The van der Waals surface area contributed by atoms with Crippen LogP contribution in [0.1, 0.15) is 0 Å². The second-order valence-corrected chi connectivity index (χ2v) is 6.98. The maximum Gasteiger partial charge on any atom is 1.00 e. The first-order valence-electron chi connectivity index (χ1n) is 2.41. The monoisotopic (exact) mass is 178 g/mol. The molecule has 10 heavy (non-hydrogen) atoms. The molecule has 0 aromatic rings. The Balaban J connectivity index is -0.000000245. The largest absolute Gasteiger partial charge is 1.00 e. The quantitative estimate of drug-likeness (QED) is 0.394. The molecule has 0 atom stereocenters. The van der Waals surface area contributed by atoms with Crippen molar-refractivity contribution >= 4 is 15.6 Å². The van der Waals surface area contributed by atoms with Crippen molar-refractivity contribution in [3.63, 3.8) is 0 Å². The zero-order valence-corrected chi connectivity index (χ0v) is 12.3. The van der Waals surface area contributed by atoms with E-state index in [1.807, 2.05) is 0 Å². The van der Waals surface area contributed by atoms with Crippen LogP contribution in [0.2, 0.25) is 19.6 Å². The third-order valence-corrected chi connectivity index (χ3v) is 1.35. The molecule has 7 heteroatoms. The fourth-order valence-corrected chi connectivity index (χ4v) is 0.866. The van der Waals surface area contributed by atoms with Gasteiger partial charge in [-0.25, -0.2) is 0 Å². The molecule has 0 spiro atoms. The second kappa shape index (κ2) is 7.79. The smallest absolute Gasteiger partial charge is 0.872 e. The predicted molar refractivity (Wildman–Crippen MR) is 30.2 cm³/mol. The van der Waals surface area contributed by atoms with Gasteiger partial charge in [0.1, 0.15) is 0 Å². The summed E-state index contributed by atoms with van der Waals surface area (Å²) >= 11 is 0. The summed E-state index contributed by atoms with van der Waals surface area (Å²) in [6, 6.07) is 0. The first-order valence-corrected chi connectivity index (χ1v) is 5.82. The molecule has 0 fully saturated rings. The van der Waals surface area contributed by atoms with E-state index in [1.54, 1.807) is 19.6 Å². The van der Waals surface area contributed by atoms with Gasteiger partial charge in [0.15, 0.2) is 8.32 Å². The van der Waals surface area contributed by atoms with Crippen LogP contribution in [0.3, 0.4) is 0 Å². The molecule has 0 aromatic carbocycles. The zero-order valence-electron chi connectivity index (χ0n) is 7.30. The van der Waals surface area contributed by atoms with E-state index in [2.05, 4.69) is 4.34 Å². The SMILES string of the molecule is C[Si](C)(C)OB([O-])[O-].[Na+].[Na+]. The van der Waals surface area contributed by atoms with Crippen LogP contribution in [0, 0.1) is 0 Å². The summed E-state index contributed by atoms with van der Waals surface area (Å²) in [6.45, 7) is 5.40. The van der Waals surface area contributed by atoms with Gasteiger partial charge in [0.05, 0.1) is 0 Å². The molecule has 0 bridgehead atoms. The Hall–Kier alpha value is 2.16. The van der Waals surface area contributed by atoms with Crippen molar-refractivity contribution in [3.05, 3.63) is 0 Å². The fraction of sp³-hybridized carbons (Fsp3) is 1.00. The Kier molecular flexibility index (Phi) is 14.1. The van der Waals surface area contributed by atoms with Gasteiger partial charge in [-0.2, -0.15) is 0 Å². The van der Waals surface area contributed by atoms with Gasteiger partial charge in [-0.1, -0.05) is 0 Å². The summed E-state index contributed by atoms with van der Waals surface area (Å²) < 4.78 is 4.47. The summed E-state index contributed by atoms with van der Waals surface area (Å²) in [5.41, 5.74) is 0. The van der Waals surface area contributed by atoms with Crippen LogP contribution in [-0.4, -0.2) is 15.6 Å². The Labute approximate surface area is 107 Å². The first-order chi connectivity index (χ1) is 3.42. The standard InChI is InChI=1S/C3H9BO3Si.2Na/c1-8(2,3)7-4(5)6;;/h1-3H3;;/q-2;2*+1. The van der Waals surface area contributed by atoms with E-state index >= 15 is 0 Å². The Morgan fingerprint density at radius 2 is 1.40 bits per heavy atom. The second-order valence-electron chi connectivity index (χ2n) is 2.52. The number of rotatable bonds is 2. The third kappa shape index (κ3) is 16.6. The molecule has 0 rings (SSSR count). The summed E-state index contributed by atoms with van der Waals surface area (Å²) in [7, 11) is -3.94. The zero-order chi connectivity index (χ0) is 6.78. The van der Waals surface area contributed by atoms with Gasteiger partial charge in [0, 0.05) is 7.32 Å². The molecule has 0 N–H and O–H groups in total. The topological polar surface area (TPSA) is 55.3 Å². The van der Waals surface area contributed by atoms with Gasteiger partial charge in [-0.15, -0.1) is 0 Å². The van der Waals surface area contributed by atoms with Crippen LogP contribution in [0.5, 0.6) is 0 Å². The summed E-state index contributed by atoms with van der Waals surface area (Å²) in [5, 5.41) is 19.6. The summed E-state index contributed by atoms with van der Waals surface area (Å²) in [5.74, 6) is 0. The number of hydrogen-bond acceptors (Lipinski definition) is 3. The molecule has 0 amide bonds. The van der Waals surface area contributed by atoms with E-state index in [0.717, 1.165) is 0 Å². The number of hydrogen-bond donors (Lipinski definition) is 0. The van der Waals surface area contributed by atoms with Crippen LogP contribution in [0.4, 0.5) is 0 Å². The molecular formula is C3H9BNa2O3Si. The average molecular weight is 178 g/mol. The van der Waals surface area contributed by atoms with Gasteiger partial charge in [0.2, 0.25) is 0 Å². The molecule has 0 saturated heterocycles. The molecule has 0 aliphatic heterocycles. The molecule has 0 saturated carbocycles. The van der Waals surface area contributed by atoms with Gasteiger partial charge in [-0.3, -0.25) is 0 Å². The third-order valence-electron chi connectivity index (χ3n) is 0.450. The van der Waals surface area contributed by atoms with Crippen molar-refractivity contribution < 1.29 is 73.5 Å². The average Bonchev–Trinajstić information content (AvgIpc) is 1.21. The van der Waals surface area contributed by atoms with Crippen molar-refractivity contribution in [1.82, 2.24) is 0 Å². The van der Waals surface area contributed by atoms with Crippen molar-refractivity contribution in [3.8, 4) is 0 Å². The van der Waals surface area contributed by atoms with Crippen LogP contribution in [0.25, 0.3) is 0 Å². The Morgan fingerprint density at radius 1 is 1.10 bits per heavy atom. The van der Waals surface area contributed by atoms with E-state index in [9.17, 15) is 10.0 Å². The minimum absolute atomic E-state index is 0. The van der Waals surface area contributed by atoms with Gasteiger partial charge >= 0.3 is 59.1 Å². The molecule has 0 aliphatic carbocycles. The van der Waals surface area contributed by atoms with E-state index in [1.165, 1.54) is 0 Å². The Morgan fingerprint density at radius 3 is 1.40 bits per heavy atom. The normalized spacial score (nSPS) is 9.30. The van der Waals surface area contributed by atoms with Crippen LogP contribution < -0.4 is 69.2 Å². The summed E-state index contributed by atoms with van der Waals surface area (Å²) in [6.07, 6.45) is 0. The minimum Gasteiger partial charge on any atom is -0.872 e. The van der Waals surface area contributed by atoms with Crippen molar-refractivity contribution in [2.75, 3.05) is 0 Å². The van der Waals surface area contributed by atoms with Crippen LogP contribution in [0.15, 0.2) is 0 Å². The van der Waals surface area contributed by atoms with Crippen LogP contribution in [-0.2, 0) is 4.34 Å². The van der Waals surface area contributed by atoms with E-state index < -0.39 is 15.6 Å². The molecule has 3 nitrogen and oxygen atoms in total. The molecule has 0 unspecified atom stereocenters. The van der Waals surface area contributed by atoms with E-state index in [-0.39, 0.29) is 59.1 Å². The van der Waals surface area contributed by atoms with Gasteiger partial charge < -0.3 is 14.4 Å². The van der Waals surface area contributed by atoms with Gasteiger partial charge in [0.25, 0.3) is 0 Å². The van der Waals surface area contributed by atoms with Crippen molar-refractivity contribution in [2.24, 2.45) is 0 Å². The first kappa shape index (κ1) is 18.1. The maximum absolute atomic E-state index is 9.80. The van der Waals surface area contributed by atoms with E-state index in [0.29, 0.717) is 0 Å². The minimum atomic E-state index is -2.10. The summed E-state index contributed by atoms with van der Waals surface area (Å²) in [4.78, 5) is 0. The fourth-order valence-electron chi connectivity index (χ4n) is 0.289. The molecule has 48 valence electrons. The maximum atomic E-state index is 9.80. The molecular weight excluding hydrogens is 169 g/mol. The molecule has 0 aromatic heterocycles. The van der Waals surface area contributed by atoms with Crippen LogP contribution >= 0.6 is 0 Å². The molecule has 0 heterocycles. The Bertz CT molecular complexity index is 76.6. The molecule has 0 aliphatic rings. The van der Waals surface area contributed by atoms with Crippen molar-refractivity contribution in [1.29, 1.82) is 0 Å². The van der Waals surface area contributed by atoms with E-state index in [4.69, 9.17) is 0 Å². The van der Waals surface area contributed by atoms with Crippen molar-refractivity contribution in [2.45, 2.75) is 19.6 Å². The molecule has 0 radical (unpaired) electrons. The van der Waals surface area contributed by atoms with Gasteiger partial charge in [-0.05, 0) is 19.6 Å². The predicted octanol–water partition coefficient (Wildman–Crippen LogP) is -7.45.